The van der Waals surface area contributed by atoms with E-state index in [0.29, 0.717) is 11.0 Å². The standard InChI is InChI=1S/C23H19FN4OS/c1-27(19-8-4-2-5-9-19)21(29)16-30-23-26-25-22(17-12-14-18(24)15-13-17)28(23)20-10-6-3-7-11-20/h2-15H,16H2,1H3. The highest BCUT2D eigenvalue weighted by Crippen LogP contribution is 2.28. The van der Waals surface area contributed by atoms with E-state index in [-0.39, 0.29) is 17.5 Å². The number of rotatable bonds is 6. The molecule has 0 aliphatic rings. The molecule has 0 aliphatic heterocycles. The molecule has 5 nitrogen and oxygen atoms in total. The number of carbonyl (C=O) groups excluding carboxylic acids is 1. The van der Waals surface area contributed by atoms with E-state index in [1.807, 2.05) is 65.2 Å². The van der Waals surface area contributed by atoms with Gasteiger partial charge >= 0.3 is 0 Å². The average molecular weight is 418 g/mol. The molecule has 7 heteroatoms. The Balaban J connectivity index is 1.62. The molecule has 0 saturated heterocycles. The average Bonchev–Trinajstić information content (AvgIpc) is 3.22. The minimum atomic E-state index is -0.311. The lowest BCUT2D eigenvalue weighted by Gasteiger charge is -2.17. The summed E-state index contributed by atoms with van der Waals surface area (Å²) in [6.07, 6.45) is 0. The number of hydrogen-bond acceptors (Lipinski definition) is 4. The molecule has 0 unspecified atom stereocenters. The van der Waals surface area contributed by atoms with Crippen LogP contribution in [0.15, 0.2) is 90.1 Å². The lowest BCUT2D eigenvalue weighted by Crippen LogP contribution is -2.27. The van der Waals surface area contributed by atoms with Crippen molar-refractivity contribution in [1.82, 2.24) is 14.8 Å². The Bertz CT molecular complexity index is 1130. The molecule has 30 heavy (non-hydrogen) atoms. The summed E-state index contributed by atoms with van der Waals surface area (Å²) >= 11 is 1.32. The van der Waals surface area contributed by atoms with Gasteiger partial charge in [-0.05, 0) is 48.5 Å². The summed E-state index contributed by atoms with van der Waals surface area (Å²) in [5.41, 5.74) is 2.44. The molecule has 0 bridgehead atoms. The van der Waals surface area contributed by atoms with E-state index < -0.39 is 0 Å². The third kappa shape index (κ3) is 4.26. The zero-order chi connectivity index (χ0) is 20.9. The molecule has 1 amide bonds. The minimum Gasteiger partial charge on any atom is -0.315 e. The maximum atomic E-state index is 13.4. The quantitative estimate of drug-likeness (QED) is 0.421. The number of halogens is 1. The fourth-order valence-electron chi connectivity index (χ4n) is 2.98. The first-order chi connectivity index (χ1) is 14.6. The second-order valence-electron chi connectivity index (χ2n) is 6.56. The predicted molar refractivity (Wildman–Crippen MR) is 117 cm³/mol. The Kier molecular flexibility index (Phi) is 5.90. The first-order valence-electron chi connectivity index (χ1n) is 9.34. The first-order valence-corrected chi connectivity index (χ1v) is 10.3. The molecule has 1 aromatic heterocycles. The van der Waals surface area contributed by atoms with Crippen LogP contribution in [0.2, 0.25) is 0 Å². The molecule has 3 aromatic carbocycles. The second-order valence-corrected chi connectivity index (χ2v) is 7.50. The minimum absolute atomic E-state index is 0.0443. The number of aromatic nitrogens is 3. The number of thioether (sulfide) groups is 1. The van der Waals surface area contributed by atoms with Gasteiger partial charge in [0.25, 0.3) is 0 Å². The van der Waals surface area contributed by atoms with Gasteiger partial charge < -0.3 is 4.90 Å². The van der Waals surface area contributed by atoms with Crippen molar-refractivity contribution in [3.8, 4) is 17.1 Å². The van der Waals surface area contributed by atoms with Crippen LogP contribution in [0.3, 0.4) is 0 Å². The maximum absolute atomic E-state index is 13.4. The Morgan fingerprint density at radius 1 is 0.933 bits per heavy atom. The molecule has 4 rings (SSSR count). The van der Waals surface area contributed by atoms with E-state index in [1.165, 1.54) is 23.9 Å². The highest BCUT2D eigenvalue weighted by atomic mass is 32.2. The predicted octanol–water partition coefficient (Wildman–Crippen LogP) is 4.83. The van der Waals surface area contributed by atoms with Crippen LogP contribution in [0.1, 0.15) is 0 Å². The Morgan fingerprint density at radius 3 is 2.23 bits per heavy atom. The summed E-state index contributed by atoms with van der Waals surface area (Å²) < 4.78 is 15.2. The van der Waals surface area contributed by atoms with Crippen molar-refractivity contribution in [3.63, 3.8) is 0 Å². The molecular formula is C23H19FN4OS. The number of carbonyl (C=O) groups is 1. The number of hydrogen-bond donors (Lipinski definition) is 0. The monoisotopic (exact) mass is 418 g/mol. The molecule has 0 spiro atoms. The van der Waals surface area contributed by atoms with Crippen LogP contribution in [0.25, 0.3) is 17.1 Å². The number of nitrogens with zero attached hydrogens (tertiary/aromatic N) is 4. The smallest absolute Gasteiger partial charge is 0.237 e. The zero-order valence-corrected chi connectivity index (χ0v) is 17.1. The van der Waals surface area contributed by atoms with Crippen molar-refractivity contribution in [3.05, 3.63) is 90.7 Å². The highest BCUT2D eigenvalue weighted by molar-refractivity contribution is 7.99. The van der Waals surface area contributed by atoms with Gasteiger partial charge in [-0.25, -0.2) is 4.39 Å². The van der Waals surface area contributed by atoms with Gasteiger partial charge in [0.2, 0.25) is 5.91 Å². The summed E-state index contributed by atoms with van der Waals surface area (Å²) in [5.74, 6) is 0.443. The topological polar surface area (TPSA) is 51.0 Å². The fourth-order valence-corrected chi connectivity index (χ4v) is 3.84. The van der Waals surface area contributed by atoms with Crippen molar-refractivity contribution >= 4 is 23.4 Å². The Hall–Kier alpha value is -3.45. The second kappa shape index (κ2) is 8.92. The largest absolute Gasteiger partial charge is 0.315 e. The summed E-state index contributed by atoms with van der Waals surface area (Å²) in [4.78, 5) is 14.3. The lowest BCUT2D eigenvalue weighted by molar-refractivity contribution is -0.115. The van der Waals surface area contributed by atoms with Crippen molar-refractivity contribution < 1.29 is 9.18 Å². The number of anilines is 1. The summed E-state index contributed by atoms with van der Waals surface area (Å²) in [7, 11) is 1.75. The molecular weight excluding hydrogens is 399 g/mol. The van der Waals surface area contributed by atoms with E-state index in [0.717, 1.165) is 16.9 Å². The maximum Gasteiger partial charge on any atom is 0.237 e. The van der Waals surface area contributed by atoms with Gasteiger partial charge in [-0.1, -0.05) is 48.2 Å². The molecule has 0 fully saturated rings. The van der Waals surface area contributed by atoms with Crippen LogP contribution >= 0.6 is 11.8 Å². The van der Waals surface area contributed by atoms with Crippen molar-refractivity contribution in [1.29, 1.82) is 0 Å². The van der Waals surface area contributed by atoms with E-state index in [2.05, 4.69) is 10.2 Å². The van der Waals surface area contributed by atoms with Crippen LogP contribution in [0.5, 0.6) is 0 Å². The molecule has 0 radical (unpaired) electrons. The van der Waals surface area contributed by atoms with Gasteiger partial charge in [-0.3, -0.25) is 9.36 Å². The highest BCUT2D eigenvalue weighted by Gasteiger charge is 2.18. The third-order valence-electron chi connectivity index (χ3n) is 4.59. The van der Waals surface area contributed by atoms with Gasteiger partial charge in [-0.2, -0.15) is 0 Å². The molecule has 150 valence electrons. The number of para-hydroxylation sites is 2. The Morgan fingerprint density at radius 2 is 1.57 bits per heavy atom. The van der Waals surface area contributed by atoms with Gasteiger partial charge in [0, 0.05) is 24.0 Å². The van der Waals surface area contributed by atoms with Gasteiger partial charge in [0.05, 0.1) is 5.75 Å². The van der Waals surface area contributed by atoms with E-state index in [4.69, 9.17) is 0 Å². The van der Waals surface area contributed by atoms with E-state index in [1.54, 1.807) is 24.1 Å². The van der Waals surface area contributed by atoms with E-state index >= 15 is 0 Å². The summed E-state index contributed by atoms with van der Waals surface area (Å²) in [6.45, 7) is 0. The molecule has 0 atom stereocenters. The van der Waals surface area contributed by atoms with Gasteiger partial charge in [0.15, 0.2) is 11.0 Å². The molecule has 4 aromatic rings. The lowest BCUT2D eigenvalue weighted by atomic mass is 10.2. The van der Waals surface area contributed by atoms with Gasteiger partial charge in [0.1, 0.15) is 5.82 Å². The van der Waals surface area contributed by atoms with Crippen LogP contribution < -0.4 is 4.90 Å². The fraction of sp³-hybridized carbons (Fsp3) is 0.0870. The van der Waals surface area contributed by atoms with Crippen LogP contribution in [0, 0.1) is 5.82 Å². The van der Waals surface area contributed by atoms with Crippen molar-refractivity contribution in [2.75, 3.05) is 17.7 Å². The SMILES string of the molecule is CN(C(=O)CSc1nnc(-c2ccc(F)cc2)n1-c1ccccc1)c1ccccc1. The first kappa shape index (κ1) is 19.8. The Labute approximate surface area is 178 Å². The molecule has 1 heterocycles. The molecule has 0 saturated carbocycles. The summed E-state index contributed by atoms with van der Waals surface area (Å²) in [5, 5.41) is 9.22. The van der Waals surface area contributed by atoms with Crippen LogP contribution in [-0.4, -0.2) is 33.5 Å². The van der Waals surface area contributed by atoms with Gasteiger partial charge in [-0.15, -0.1) is 10.2 Å². The number of benzene rings is 3. The molecule has 0 aliphatic carbocycles. The third-order valence-corrected chi connectivity index (χ3v) is 5.51. The summed E-state index contributed by atoms with van der Waals surface area (Å²) in [6, 6.07) is 25.3. The van der Waals surface area contributed by atoms with Crippen molar-refractivity contribution in [2.45, 2.75) is 5.16 Å². The van der Waals surface area contributed by atoms with Crippen molar-refractivity contribution in [2.24, 2.45) is 0 Å². The molecule has 0 N–H and O–H groups in total. The van der Waals surface area contributed by atoms with Crippen LogP contribution in [0.4, 0.5) is 10.1 Å². The van der Waals surface area contributed by atoms with E-state index in [9.17, 15) is 9.18 Å². The number of amides is 1. The van der Waals surface area contributed by atoms with Crippen LogP contribution in [-0.2, 0) is 4.79 Å². The zero-order valence-electron chi connectivity index (χ0n) is 16.3. The normalized spacial score (nSPS) is 10.7.